The van der Waals surface area contributed by atoms with Crippen LogP contribution in [0.4, 0.5) is 0 Å². The van der Waals surface area contributed by atoms with Crippen LogP contribution in [0.25, 0.3) is 0 Å². The highest BCUT2D eigenvalue weighted by molar-refractivity contribution is 8.05. The largest absolute Gasteiger partial charge is 0.311 e. The average Bonchev–Trinajstić information content (AvgIpc) is 1.78. The zero-order valence-corrected chi connectivity index (χ0v) is 5.61. The van der Waals surface area contributed by atoms with E-state index >= 15 is 0 Å². The Morgan fingerprint density at radius 2 is 1.22 bits per heavy atom. The zero-order chi connectivity index (χ0) is 7.12. The third kappa shape index (κ3) is 1.61. The zero-order valence-electron chi connectivity index (χ0n) is 3.97. The maximum absolute atomic E-state index is 10.1. The first-order valence-corrected chi connectivity index (χ1v) is 4.90. The Kier molecular flexibility index (Phi) is 1.28. The SMILES string of the molecule is O=S1(=O)CS(=O)(=O)OO1. The molecule has 54 valence electrons. The molecule has 1 aliphatic heterocycles. The molecule has 0 aromatic heterocycles. The molecule has 0 bridgehead atoms. The summed E-state index contributed by atoms with van der Waals surface area (Å²) in [6.07, 6.45) is 0. The predicted molar refractivity (Wildman–Crippen MR) is 24.9 cm³/mol. The van der Waals surface area contributed by atoms with Crippen LogP contribution in [0.15, 0.2) is 0 Å². The van der Waals surface area contributed by atoms with Crippen molar-refractivity contribution in [3.8, 4) is 0 Å². The lowest BCUT2D eigenvalue weighted by Crippen LogP contribution is -2.03. The molecule has 0 N–H and O–H groups in total. The van der Waals surface area contributed by atoms with E-state index in [2.05, 4.69) is 8.67 Å². The molecule has 1 saturated heterocycles. The Morgan fingerprint density at radius 3 is 1.33 bits per heavy atom. The summed E-state index contributed by atoms with van der Waals surface area (Å²) < 4.78 is 47.4. The van der Waals surface area contributed by atoms with Crippen molar-refractivity contribution in [1.29, 1.82) is 0 Å². The van der Waals surface area contributed by atoms with Crippen molar-refractivity contribution in [1.82, 2.24) is 0 Å². The minimum Gasteiger partial charge on any atom is -0.196 e. The minimum atomic E-state index is -3.96. The average molecular weight is 174 g/mol. The minimum absolute atomic E-state index is 1.10. The highest BCUT2D eigenvalue weighted by Crippen LogP contribution is 2.12. The smallest absolute Gasteiger partial charge is 0.196 e. The molecule has 6 nitrogen and oxygen atoms in total. The van der Waals surface area contributed by atoms with E-state index in [1.165, 1.54) is 0 Å². The molecule has 0 radical (unpaired) electrons. The fraction of sp³-hybridized carbons (Fsp3) is 1.00. The van der Waals surface area contributed by atoms with Gasteiger partial charge in [0.1, 0.15) is 0 Å². The Bertz CT molecular complexity index is 260. The molecule has 0 spiro atoms. The second kappa shape index (κ2) is 1.66. The van der Waals surface area contributed by atoms with Crippen molar-refractivity contribution in [2.45, 2.75) is 0 Å². The maximum Gasteiger partial charge on any atom is 0.311 e. The summed E-state index contributed by atoms with van der Waals surface area (Å²) in [6.45, 7) is 0. The summed E-state index contributed by atoms with van der Waals surface area (Å²) in [5.41, 5.74) is 0. The number of rotatable bonds is 0. The number of hydrogen-bond donors (Lipinski definition) is 0. The lowest BCUT2D eigenvalue weighted by atomic mass is 11.9. The highest BCUT2D eigenvalue weighted by atomic mass is 32.3. The van der Waals surface area contributed by atoms with Crippen molar-refractivity contribution in [2.24, 2.45) is 0 Å². The van der Waals surface area contributed by atoms with E-state index in [0.29, 0.717) is 0 Å². The van der Waals surface area contributed by atoms with Crippen LogP contribution in [0, 0.1) is 0 Å². The van der Waals surface area contributed by atoms with Crippen molar-refractivity contribution < 1.29 is 25.5 Å². The third-order valence-corrected chi connectivity index (χ3v) is 3.47. The van der Waals surface area contributed by atoms with Crippen LogP contribution < -0.4 is 0 Å². The molecule has 0 aromatic carbocycles. The topological polar surface area (TPSA) is 86.7 Å². The van der Waals surface area contributed by atoms with Crippen LogP contribution in [0.1, 0.15) is 0 Å². The molecule has 0 saturated carbocycles. The molecule has 1 fully saturated rings. The van der Waals surface area contributed by atoms with Gasteiger partial charge < -0.3 is 0 Å². The van der Waals surface area contributed by atoms with Gasteiger partial charge in [0.2, 0.25) is 5.08 Å². The van der Waals surface area contributed by atoms with Gasteiger partial charge in [0.15, 0.2) is 0 Å². The van der Waals surface area contributed by atoms with Gasteiger partial charge in [-0.15, -0.1) is 0 Å². The normalized spacial score (nSPS) is 30.2. The van der Waals surface area contributed by atoms with E-state index in [-0.39, 0.29) is 0 Å². The monoisotopic (exact) mass is 174 g/mol. The fourth-order valence-electron chi connectivity index (χ4n) is 0.301. The van der Waals surface area contributed by atoms with Gasteiger partial charge in [0.25, 0.3) is 0 Å². The Balaban J connectivity index is 3.09. The first-order valence-electron chi connectivity index (χ1n) is 1.74. The van der Waals surface area contributed by atoms with Gasteiger partial charge in [-0.3, -0.25) is 0 Å². The summed E-state index contributed by atoms with van der Waals surface area (Å²) >= 11 is 0. The summed E-state index contributed by atoms with van der Waals surface area (Å²) in [4.78, 5) is 0. The first kappa shape index (κ1) is 6.93. The standard InChI is InChI=1S/CH2O6S2/c2-8(3)1-9(4,5)7-6-8/h1H2. The highest BCUT2D eigenvalue weighted by Gasteiger charge is 2.35. The van der Waals surface area contributed by atoms with Gasteiger partial charge in [-0.05, 0) is 0 Å². The predicted octanol–water partition coefficient (Wildman–Crippen LogP) is -1.43. The molecular formula is CH2O6S2. The van der Waals surface area contributed by atoms with E-state index < -0.39 is 25.3 Å². The Hall–Kier alpha value is -0.180. The summed E-state index contributed by atoms with van der Waals surface area (Å²) in [5.74, 6) is 0. The van der Waals surface area contributed by atoms with Gasteiger partial charge in [0, 0.05) is 0 Å². The van der Waals surface area contributed by atoms with E-state index in [1.54, 1.807) is 0 Å². The van der Waals surface area contributed by atoms with E-state index in [9.17, 15) is 16.8 Å². The van der Waals surface area contributed by atoms with Gasteiger partial charge >= 0.3 is 20.2 Å². The van der Waals surface area contributed by atoms with Crippen molar-refractivity contribution in [2.75, 3.05) is 5.08 Å². The van der Waals surface area contributed by atoms with Crippen LogP contribution in [-0.2, 0) is 28.9 Å². The second-order valence-corrected chi connectivity index (χ2v) is 4.81. The molecule has 8 heteroatoms. The molecule has 1 heterocycles. The van der Waals surface area contributed by atoms with Crippen molar-refractivity contribution in [3.63, 3.8) is 0 Å². The van der Waals surface area contributed by atoms with E-state index in [4.69, 9.17) is 0 Å². The quantitative estimate of drug-likeness (QED) is 0.418. The van der Waals surface area contributed by atoms with Crippen LogP contribution >= 0.6 is 0 Å². The van der Waals surface area contributed by atoms with Gasteiger partial charge in [-0.1, -0.05) is 8.67 Å². The first-order chi connectivity index (χ1) is 3.91. The third-order valence-electron chi connectivity index (χ3n) is 0.524. The molecule has 0 amide bonds. The molecule has 1 aliphatic rings. The molecule has 0 unspecified atom stereocenters. The fourth-order valence-corrected chi connectivity index (χ4v) is 2.71. The second-order valence-electron chi connectivity index (χ2n) is 1.37. The van der Waals surface area contributed by atoms with Crippen LogP contribution in [0.2, 0.25) is 0 Å². The summed E-state index contributed by atoms with van der Waals surface area (Å²) in [7, 11) is -7.93. The van der Waals surface area contributed by atoms with Crippen molar-refractivity contribution >= 4 is 20.2 Å². The molecule has 9 heavy (non-hydrogen) atoms. The lowest BCUT2D eigenvalue weighted by Gasteiger charge is -1.78. The number of hydrogen-bond acceptors (Lipinski definition) is 6. The summed E-state index contributed by atoms with van der Waals surface area (Å²) in [6, 6.07) is 0. The Morgan fingerprint density at radius 1 is 0.889 bits per heavy atom. The van der Waals surface area contributed by atoms with Crippen molar-refractivity contribution in [3.05, 3.63) is 0 Å². The summed E-state index contributed by atoms with van der Waals surface area (Å²) in [5, 5.41) is -1.10. The van der Waals surface area contributed by atoms with Crippen LogP contribution in [0.5, 0.6) is 0 Å². The van der Waals surface area contributed by atoms with Gasteiger partial charge in [-0.2, -0.15) is 16.8 Å². The maximum atomic E-state index is 10.1. The van der Waals surface area contributed by atoms with Crippen LogP contribution in [0.3, 0.4) is 0 Å². The van der Waals surface area contributed by atoms with Gasteiger partial charge in [0.05, 0.1) is 0 Å². The lowest BCUT2D eigenvalue weighted by molar-refractivity contribution is -0.0743. The van der Waals surface area contributed by atoms with Gasteiger partial charge in [-0.25, -0.2) is 0 Å². The Labute approximate surface area is 51.6 Å². The molecule has 1 rings (SSSR count). The van der Waals surface area contributed by atoms with E-state index in [1.807, 2.05) is 0 Å². The molecule has 0 aliphatic carbocycles. The van der Waals surface area contributed by atoms with Crippen LogP contribution in [-0.4, -0.2) is 21.9 Å². The van der Waals surface area contributed by atoms with E-state index in [0.717, 1.165) is 0 Å². The molecule has 0 aromatic rings. The molecule has 0 atom stereocenters. The molecular weight excluding hydrogens is 172 g/mol.